The maximum Gasteiger partial charge on any atom is 0.326 e. The largest absolute Gasteiger partial charge is 0.497 e. The van der Waals surface area contributed by atoms with Crippen LogP contribution in [0.1, 0.15) is 16.8 Å². The third-order valence-corrected chi connectivity index (χ3v) is 4.24. The summed E-state index contributed by atoms with van der Waals surface area (Å²) >= 11 is 3.31. The Balaban J connectivity index is 2.32. The fourth-order valence-corrected chi connectivity index (χ4v) is 2.79. The molecule has 1 saturated heterocycles. The second kappa shape index (κ2) is 6.44. The molecule has 21 heavy (non-hydrogen) atoms. The van der Waals surface area contributed by atoms with E-state index in [-0.39, 0.29) is 18.6 Å². The zero-order valence-corrected chi connectivity index (χ0v) is 13.3. The van der Waals surface area contributed by atoms with Gasteiger partial charge in [0.05, 0.1) is 18.8 Å². The quantitative estimate of drug-likeness (QED) is 0.888. The highest BCUT2D eigenvalue weighted by Gasteiger charge is 2.40. The maximum absolute atomic E-state index is 12.6. The van der Waals surface area contributed by atoms with Crippen LogP contribution in [0.15, 0.2) is 22.7 Å². The number of carboxylic acid groups (broad SMARTS) is 1. The van der Waals surface area contributed by atoms with Gasteiger partial charge in [-0.05, 0) is 34.1 Å². The fourth-order valence-electron chi connectivity index (χ4n) is 2.38. The highest BCUT2D eigenvalue weighted by Crippen LogP contribution is 2.28. The van der Waals surface area contributed by atoms with Gasteiger partial charge in [0.1, 0.15) is 11.8 Å². The van der Waals surface area contributed by atoms with Crippen LogP contribution in [0.5, 0.6) is 5.75 Å². The summed E-state index contributed by atoms with van der Waals surface area (Å²) < 4.78 is 10.9. The van der Waals surface area contributed by atoms with E-state index < -0.39 is 12.0 Å². The number of aliphatic carboxylic acids is 1. The van der Waals surface area contributed by atoms with Gasteiger partial charge in [-0.2, -0.15) is 0 Å². The first-order valence-electron chi connectivity index (χ1n) is 6.38. The van der Waals surface area contributed by atoms with Crippen LogP contribution in [0.3, 0.4) is 0 Å². The highest BCUT2D eigenvalue weighted by molar-refractivity contribution is 9.10. The highest BCUT2D eigenvalue weighted by atomic mass is 79.9. The second-order valence-electron chi connectivity index (χ2n) is 4.75. The first-order chi connectivity index (χ1) is 9.97. The minimum Gasteiger partial charge on any atom is -0.497 e. The Morgan fingerprint density at radius 2 is 2.10 bits per heavy atom. The summed E-state index contributed by atoms with van der Waals surface area (Å²) in [5, 5.41) is 9.28. The molecule has 0 aromatic heterocycles. The number of ether oxygens (including phenoxy) is 2. The van der Waals surface area contributed by atoms with E-state index in [4.69, 9.17) is 9.47 Å². The lowest BCUT2D eigenvalue weighted by Crippen LogP contribution is -2.40. The number of halogens is 1. The topological polar surface area (TPSA) is 76.1 Å². The number of benzene rings is 1. The van der Waals surface area contributed by atoms with E-state index in [9.17, 15) is 14.7 Å². The van der Waals surface area contributed by atoms with Crippen molar-refractivity contribution in [2.45, 2.75) is 18.6 Å². The van der Waals surface area contributed by atoms with Crippen molar-refractivity contribution in [3.63, 3.8) is 0 Å². The number of rotatable bonds is 4. The van der Waals surface area contributed by atoms with Crippen molar-refractivity contribution in [1.82, 2.24) is 4.90 Å². The average Bonchev–Trinajstić information content (AvgIpc) is 2.91. The van der Waals surface area contributed by atoms with E-state index in [1.165, 1.54) is 19.1 Å². The SMILES string of the molecule is COc1ccc(Br)c(C(=O)N2CC(OC)CC2C(=O)O)c1. The number of methoxy groups -OCH3 is 2. The molecular formula is C14H16BrNO5. The molecule has 114 valence electrons. The molecule has 2 rings (SSSR count). The van der Waals surface area contributed by atoms with Gasteiger partial charge in [-0.3, -0.25) is 4.79 Å². The van der Waals surface area contributed by atoms with Crippen molar-refractivity contribution >= 4 is 27.8 Å². The third kappa shape index (κ3) is 3.19. The van der Waals surface area contributed by atoms with Crippen LogP contribution in [0.2, 0.25) is 0 Å². The Hall–Kier alpha value is -1.60. The van der Waals surface area contributed by atoms with E-state index in [1.807, 2.05) is 0 Å². The number of hydrogen-bond acceptors (Lipinski definition) is 4. The number of carbonyl (C=O) groups excluding carboxylic acids is 1. The molecule has 0 spiro atoms. The summed E-state index contributed by atoms with van der Waals surface area (Å²) in [6.45, 7) is 0.260. The Kier molecular flexibility index (Phi) is 4.84. The summed E-state index contributed by atoms with van der Waals surface area (Å²) in [5.41, 5.74) is 0.373. The molecule has 0 aliphatic carbocycles. The second-order valence-corrected chi connectivity index (χ2v) is 5.61. The normalized spacial score (nSPS) is 21.4. The molecule has 6 nitrogen and oxygen atoms in total. The molecule has 0 saturated carbocycles. The molecule has 2 atom stereocenters. The molecule has 0 radical (unpaired) electrons. The molecule has 1 aliphatic heterocycles. The van der Waals surface area contributed by atoms with E-state index in [0.717, 1.165) is 0 Å². The number of nitrogens with zero attached hydrogens (tertiary/aromatic N) is 1. The molecule has 1 fully saturated rings. The van der Waals surface area contributed by atoms with Gasteiger partial charge in [0.2, 0.25) is 0 Å². The van der Waals surface area contributed by atoms with Gasteiger partial charge in [-0.1, -0.05) is 0 Å². The molecule has 1 N–H and O–H groups in total. The maximum atomic E-state index is 12.6. The molecule has 1 aromatic rings. The van der Waals surface area contributed by atoms with E-state index in [0.29, 0.717) is 22.2 Å². The Labute approximate surface area is 130 Å². The third-order valence-electron chi connectivity index (χ3n) is 3.55. The minimum atomic E-state index is -1.03. The first kappa shape index (κ1) is 15.8. The van der Waals surface area contributed by atoms with Crippen molar-refractivity contribution in [2.24, 2.45) is 0 Å². The molecule has 1 amide bonds. The summed E-state index contributed by atoms with van der Waals surface area (Å²) in [4.78, 5) is 25.3. The summed E-state index contributed by atoms with van der Waals surface area (Å²) in [6.07, 6.45) is 0.0264. The summed E-state index contributed by atoms with van der Waals surface area (Å²) in [6, 6.07) is 4.13. The van der Waals surface area contributed by atoms with Crippen molar-refractivity contribution in [3.8, 4) is 5.75 Å². The Bertz CT molecular complexity index is 562. The zero-order valence-electron chi connectivity index (χ0n) is 11.7. The predicted octanol–water partition coefficient (Wildman–Crippen LogP) is 1.77. The molecule has 0 bridgehead atoms. The number of hydrogen-bond donors (Lipinski definition) is 1. The van der Waals surface area contributed by atoms with Crippen LogP contribution in [-0.2, 0) is 9.53 Å². The van der Waals surface area contributed by atoms with Crippen LogP contribution in [0.4, 0.5) is 0 Å². The minimum absolute atomic E-state index is 0.260. The molecule has 1 heterocycles. The van der Waals surface area contributed by atoms with Gasteiger partial charge < -0.3 is 19.5 Å². The molecular weight excluding hydrogens is 342 g/mol. The molecule has 1 aliphatic rings. The smallest absolute Gasteiger partial charge is 0.326 e. The van der Waals surface area contributed by atoms with Crippen LogP contribution < -0.4 is 4.74 Å². The first-order valence-corrected chi connectivity index (χ1v) is 7.17. The van der Waals surface area contributed by atoms with Crippen LogP contribution in [-0.4, -0.2) is 54.8 Å². The number of likely N-dealkylation sites (tertiary alicyclic amines) is 1. The van der Waals surface area contributed by atoms with Crippen molar-refractivity contribution in [2.75, 3.05) is 20.8 Å². The van der Waals surface area contributed by atoms with Gasteiger partial charge >= 0.3 is 5.97 Å². The lowest BCUT2D eigenvalue weighted by Gasteiger charge is -2.22. The lowest BCUT2D eigenvalue weighted by atomic mass is 10.1. The summed E-state index contributed by atoms with van der Waals surface area (Å²) in [7, 11) is 3.02. The monoisotopic (exact) mass is 357 g/mol. The van der Waals surface area contributed by atoms with Crippen molar-refractivity contribution < 1.29 is 24.2 Å². The van der Waals surface area contributed by atoms with Crippen molar-refractivity contribution in [3.05, 3.63) is 28.2 Å². The fraction of sp³-hybridized carbons (Fsp3) is 0.429. The van der Waals surface area contributed by atoms with Gasteiger partial charge in [0.25, 0.3) is 5.91 Å². The predicted molar refractivity (Wildman–Crippen MR) is 78.6 cm³/mol. The Morgan fingerprint density at radius 1 is 1.38 bits per heavy atom. The standard InChI is InChI=1S/C14H16BrNO5/c1-20-8-3-4-11(15)10(5-8)13(17)16-7-9(21-2)6-12(16)14(18)19/h3-5,9,12H,6-7H2,1-2H3,(H,18,19). The molecule has 2 unspecified atom stereocenters. The summed E-state index contributed by atoms with van der Waals surface area (Å²) in [5.74, 6) is -0.842. The Morgan fingerprint density at radius 3 is 2.67 bits per heavy atom. The van der Waals surface area contributed by atoms with Crippen LogP contribution >= 0.6 is 15.9 Å². The lowest BCUT2D eigenvalue weighted by molar-refractivity contribution is -0.141. The van der Waals surface area contributed by atoms with Crippen LogP contribution in [0.25, 0.3) is 0 Å². The number of carboxylic acids is 1. The van der Waals surface area contributed by atoms with Gasteiger partial charge in [0.15, 0.2) is 0 Å². The zero-order chi connectivity index (χ0) is 15.6. The van der Waals surface area contributed by atoms with Crippen molar-refractivity contribution in [1.29, 1.82) is 0 Å². The van der Waals surface area contributed by atoms with E-state index >= 15 is 0 Å². The molecule has 7 heteroatoms. The van der Waals surface area contributed by atoms with E-state index in [2.05, 4.69) is 15.9 Å². The average molecular weight is 358 g/mol. The van der Waals surface area contributed by atoms with Gasteiger partial charge in [-0.25, -0.2) is 4.79 Å². The molecule has 1 aromatic carbocycles. The number of amides is 1. The van der Waals surface area contributed by atoms with Gasteiger partial charge in [0, 0.05) is 24.5 Å². The van der Waals surface area contributed by atoms with E-state index in [1.54, 1.807) is 18.2 Å². The van der Waals surface area contributed by atoms with Gasteiger partial charge in [-0.15, -0.1) is 0 Å². The van der Waals surface area contributed by atoms with Crippen LogP contribution in [0, 0.1) is 0 Å². The number of carbonyl (C=O) groups is 2.